The molecule has 78 valence electrons. The molecule has 1 nitrogen and oxygen atoms in total. The normalized spacial score (nSPS) is 11.1. The first kappa shape index (κ1) is 9.61. The van der Waals surface area contributed by atoms with Crippen LogP contribution in [-0.4, -0.2) is 4.98 Å². The van der Waals surface area contributed by atoms with Crippen molar-refractivity contribution in [3.05, 3.63) is 53.2 Å². The molecule has 0 saturated heterocycles. The highest BCUT2D eigenvalue weighted by Gasteiger charge is 2.04. The molecule has 0 spiro atoms. The SMILES string of the molecule is Cc1nc2ccccc2c2cc(Cl)ccc12. The smallest absolute Gasteiger partial charge is 0.0711 e. The molecule has 0 aliphatic rings. The molecule has 16 heavy (non-hydrogen) atoms. The van der Waals surface area contributed by atoms with Crippen LogP contribution >= 0.6 is 11.6 Å². The van der Waals surface area contributed by atoms with E-state index in [1.807, 2.05) is 43.3 Å². The zero-order chi connectivity index (χ0) is 11.1. The van der Waals surface area contributed by atoms with Crippen LogP contribution in [0.4, 0.5) is 0 Å². The third-order valence-electron chi connectivity index (χ3n) is 2.85. The number of aromatic nitrogens is 1. The minimum absolute atomic E-state index is 0.767. The maximum atomic E-state index is 6.05. The lowest BCUT2D eigenvalue weighted by atomic mass is 10.0. The quantitative estimate of drug-likeness (QED) is 0.521. The van der Waals surface area contributed by atoms with Crippen molar-refractivity contribution in [3.63, 3.8) is 0 Å². The Kier molecular flexibility index (Phi) is 2.08. The predicted molar refractivity (Wildman–Crippen MR) is 69.0 cm³/mol. The number of hydrogen-bond acceptors (Lipinski definition) is 1. The molecule has 0 atom stereocenters. The van der Waals surface area contributed by atoms with Gasteiger partial charge >= 0.3 is 0 Å². The molecule has 1 aromatic heterocycles. The Morgan fingerprint density at radius 1 is 0.938 bits per heavy atom. The summed E-state index contributed by atoms with van der Waals surface area (Å²) in [6.07, 6.45) is 0. The van der Waals surface area contributed by atoms with Gasteiger partial charge in [-0.2, -0.15) is 0 Å². The van der Waals surface area contributed by atoms with E-state index >= 15 is 0 Å². The number of hydrogen-bond donors (Lipinski definition) is 0. The van der Waals surface area contributed by atoms with Gasteiger partial charge in [0.25, 0.3) is 0 Å². The van der Waals surface area contributed by atoms with Gasteiger partial charge < -0.3 is 0 Å². The van der Waals surface area contributed by atoms with Crippen LogP contribution in [0.3, 0.4) is 0 Å². The molecule has 0 unspecified atom stereocenters. The van der Waals surface area contributed by atoms with Gasteiger partial charge in [-0.1, -0.05) is 35.9 Å². The Morgan fingerprint density at radius 2 is 1.75 bits per heavy atom. The van der Waals surface area contributed by atoms with Crippen molar-refractivity contribution in [3.8, 4) is 0 Å². The topological polar surface area (TPSA) is 12.9 Å². The van der Waals surface area contributed by atoms with Crippen LogP contribution in [0.25, 0.3) is 21.7 Å². The third kappa shape index (κ3) is 1.36. The molecule has 3 aromatic rings. The monoisotopic (exact) mass is 227 g/mol. The summed E-state index contributed by atoms with van der Waals surface area (Å²) in [4.78, 5) is 4.59. The summed E-state index contributed by atoms with van der Waals surface area (Å²) in [7, 11) is 0. The lowest BCUT2D eigenvalue weighted by Gasteiger charge is -2.06. The first-order chi connectivity index (χ1) is 7.75. The number of benzene rings is 2. The fraction of sp³-hybridized carbons (Fsp3) is 0.0714. The molecule has 2 aromatic carbocycles. The van der Waals surface area contributed by atoms with Gasteiger partial charge in [-0.25, -0.2) is 0 Å². The van der Waals surface area contributed by atoms with Crippen LogP contribution in [0.2, 0.25) is 5.02 Å². The summed E-state index contributed by atoms with van der Waals surface area (Å²) in [5.41, 5.74) is 2.07. The Bertz CT molecular complexity index is 689. The van der Waals surface area contributed by atoms with Crippen LogP contribution in [0.1, 0.15) is 5.69 Å². The lowest BCUT2D eigenvalue weighted by Crippen LogP contribution is -1.87. The maximum Gasteiger partial charge on any atom is 0.0711 e. The van der Waals surface area contributed by atoms with Crippen LogP contribution in [-0.2, 0) is 0 Å². The van der Waals surface area contributed by atoms with Crippen LogP contribution in [0.5, 0.6) is 0 Å². The molecular formula is C14H10ClN. The number of pyridine rings is 1. The van der Waals surface area contributed by atoms with Crippen molar-refractivity contribution < 1.29 is 0 Å². The van der Waals surface area contributed by atoms with Gasteiger partial charge in [0.1, 0.15) is 0 Å². The highest BCUT2D eigenvalue weighted by Crippen LogP contribution is 2.28. The molecule has 0 bridgehead atoms. The Hall–Kier alpha value is -1.60. The summed E-state index contributed by atoms with van der Waals surface area (Å²) < 4.78 is 0. The minimum Gasteiger partial charge on any atom is -0.252 e. The van der Waals surface area contributed by atoms with Gasteiger partial charge in [0.2, 0.25) is 0 Å². The maximum absolute atomic E-state index is 6.05. The number of fused-ring (bicyclic) bond motifs is 3. The van der Waals surface area contributed by atoms with Gasteiger partial charge in [0.05, 0.1) is 5.52 Å². The number of aryl methyl sites for hydroxylation is 1. The highest BCUT2D eigenvalue weighted by molar-refractivity contribution is 6.31. The van der Waals surface area contributed by atoms with E-state index in [9.17, 15) is 0 Å². The third-order valence-corrected chi connectivity index (χ3v) is 3.09. The second kappa shape index (κ2) is 3.46. The molecule has 0 amide bonds. The largest absolute Gasteiger partial charge is 0.252 e. The minimum atomic E-state index is 0.767. The second-order valence-corrected chi connectivity index (χ2v) is 4.34. The molecule has 0 aliphatic carbocycles. The van der Waals surface area contributed by atoms with Crippen molar-refractivity contribution >= 4 is 33.3 Å². The Balaban J connectivity index is 2.61. The number of para-hydroxylation sites is 1. The summed E-state index contributed by atoms with van der Waals surface area (Å²) in [5, 5.41) is 4.27. The van der Waals surface area contributed by atoms with Crippen LogP contribution in [0.15, 0.2) is 42.5 Å². The number of nitrogens with zero attached hydrogens (tertiary/aromatic N) is 1. The van der Waals surface area contributed by atoms with E-state index in [2.05, 4.69) is 11.1 Å². The molecule has 0 fully saturated rings. The zero-order valence-corrected chi connectivity index (χ0v) is 9.62. The molecule has 0 aliphatic heterocycles. The molecule has 0 radical (unpaired) electrons. The molecular weight excluding hydrogens is 218 g/mol. The number of halogens is 1. The summed E-state index contributed by atoms with van der Waals surface area (Å²) in [5.74, 6) is 0. The van der Waals surface area contributed by atoms with E-state index in [0.717, 1.165) is 21.6 Å². The Labute approximate surface area is 98.7 Å². The van der Waals surface area contributed by atoms with E-state index in [1.54, 1.807) is 0 Å². The van der Waals surface area contributed by atoms with E-state index in [-0.39, 0.29) is 0 Å². The molecule has 3 rings (SSSR count). The zero-order valence-electron chi connectivity index (χ0n) is 8.87. The predicted octanol–water partition coefficient (Wildman–Crippen LogP) is 4.35. The summed E-state index contributed by atoms with van der Waals surface area (Å²) in [6, 6.07) is 14.1. The Morgan fingerprint density at radius 3 is 2.62 bits per heavy atom. The standard InChI is InChI=1S/C14H10ClN/c1-9-11-7-6-10(15)8-13(11)12-4-2-3-5-14(12)16-9/h2-8H,1H3. The van der Waals surface area contributed by atoms with Crippen molar-refractivity contribution in [2.75, 3.05) is 0 Å². The lowest BCUT2D eigenvalue weighted by molar-refractivity contribution is 1.29. The number of rotatable bonds is 0. The van der Waals surface area contributed by atoms with Crippen LogP contribution in [0, 0.1) is 6.92 Å². The van der Waals surface area contributed by atoms with Crippen LogP contribution < -0.4 is 0 Å². The van der Waals surface area contributed by atoms with E-state index in [1.165, 1.54) is 10.8 Å². The average Bonchev–Trinajstić information content (AvgIpc) is 2.29. The van der Waals surface area contributed by atoms with E-state index < -0.39 is 0 Å². The van der Waals surface area contributed by atoms with E-state index in [0.29, 0.717) is 0 Å². The van der Waals surface area contributed by atoms with Crippen molar-refractivity contribution in [2.24, 2.45) is 0 Å². The fourth-order valence-corrected chi connectivity index (χ4v) is 2.27. The van der Waals surface area contributed by atoms with Gasteiger partial charge in [0, 0.05) is 21.5 Å². The molecule has 0 N–H and O–H groups in total. The van der Waals surface area contributed by atoms with Crippen molar-refractivity contribution in [2.45, 2.75) is 6.92 Å². The fourth-order valence-electron chi connectivity index (χ4n) is 2.09. The molecule has 0 saturated carbocycles. The van der Waals surface area contributed by atoms with Crippen molar-refractivity contribution in [1.82, 2.24) is 4.98 Å². The highest BCUT2D eigenvalue weighted by atomic mass is 35.5. The second-order valence-electron chi connectivity index (χ2n) is 3.90. The van der Waals surface area contributed by atoms with Gasteiger partial charge in [-0.3, -0.25) is 4.98 Å². The van der Waals surface area contributed by atoms with Gasteiger partial charge in [0.15, 0.2) is 0 Å². The summed E-state index contributed by atoms with van der Waals surface area (Å²) >= 11 is 6.05. The average molecular weight is 228 g/mol. The molecule has 1 heterocycles. The van der Waals surface area contributed by atoms with Gasteiger partial charge in [-0.05, 0) is 30.5 Å². The summed E-state index contributed by atoms with van der Waals surface area (Å²) in [6.45, 7) is 2.03. The van der Waals surface area contributed by atoms with Crippen molar-refractivity contribution in [1.29, 1.82) is 0 Å². The first-order valence-corrected chi connectivity index (χ1v) is 5.58. The van der Waals surface area contributed by atoms with Gasteiger partial charge in [-0.15, -0.1) is 0 Å². The first-order valence-electron chi connectivity index (χ1n) is 5.20. The van der Waals surface area contributed by atoms with E-state index in [4.69, 9.17) is 11.6 Å². The molecule has 2 heteroatoms.